The van der Waals surface area contributed by atoms with Crippen LogP contribution in [0.5, 0.6) is 0 Å². The van der Waals surface area contributed by atoms with Gasteiger partial charge in [-0.2, -0.15) is 0 Å². The van der Waals surface area contributed by atoms with E-state index < -0.39 is 0 Å². The van der Waals surface area contributed by atoms with Crippen LogP contribution in [0.4, 0.5) is 0 Å². The molecule has 2 aromatic rings. The Labute approximate surface area is 92.9 Å². The third kappa shape index (κ3) is 2.23. The van der Waals surface area contributed by atoms with Crippen LogP contribution in [-0.2, 0) is 0 Å². The van der Waals surface area contributed by atoms with Crippen LogP contribution < -0.4 is 11.3 Å². The van der Waals surface area contributed by atoms with E-state index in [0.717, 1.165) is 11.3 Å². The summed E-state index contributed by atoms with van der Waals surface area (Å²) < 4.78 is 0. The summed E-state index contributed by atoms with van der Waals surface area (Å²) in [5, 5.41) is 2.00. The zero-order valence-corrected chi connectivity index (χ0v) is 9.29. The molecule has 0 radical (unpaired) electrons. The zero-order chi connectivity index (χ0) is 10.7. The molecule has 1 aromatic carbocycles. The van der Waals surface area contributed by atoms with Crippen LogP contribution in [0.15, 0.2) is 35.2 Å². The summed E-state index contributed by atoms with van der Waals surface area (Å²) in [5.74, 6) is 5.55. The fourth-order valence-corrected chi connectivity index (χ4v) is 2.06. The van der Waals surface area contributed by atoms with Gasteiger partial charge < -0.3 is 0 Å². The van der Waals surface area contributed by atoms with Crippen molar-refractivity contribution in [2.24, 2.45) is 5.84 Å². The first-order valence-corrected chi connectivity index (χ1v) is 5.66. The number of rotatable bonds is 3. The number of aromatic nitrogens is 1. The molecule has 78 valence electrons. The third-order valence-corrected chi connectivity index (χ3v) is 2.93. The lowest BCUT2D eigenvalue weighted by atomic mass is 10.0. The van der Waals surface area contributed by atoms with Gasteiger partial charge in [0.1, 0.15) is 0 Å². The summed E-state index contributed by atoms with van der Waals surface area (Å²) in [6.45, 7) is 2.07. The maximum atomic E-state index is 5.55. The molecule has 1 heterocycles. The van der Waals surface area contributed by atoms with Crippen molar-refractivity contribution in [2.45, 2.75) is 13.0 Å². The Morgan fingerprint density at radius 2 is 2.07 bits per heavy atom. The molecular formula is C11H13N3S. The Hall–Kier alpha value is -1.23. The molecule has 1 aromatic heterocycles. The average molecular weight is 219 g/mol. The topological polar surface area (TPSA) is 50.9 Å². The average Bonchev–Trinajstić information content (AvgIpc) is 2.75. The van der Waals surface area contributed by atoms with Gasteiger partial charge >= 0.3 is 0 Å². The highest BCUT2D eigenvalue weighted by Crippen LogP contribution is 2.21. The molecular weight excluding hydrogens is 206 g/mol. The van der Waals surface area contributed by atoms with Gasteiger partial charge in [0, 0.05) is 5.38 Å². The second kappa shape index (κ2) is 4.53. The highest BCUT2D eigenvalue weighted by Gasteiger charge is 2.13. The maximum Gasteiger partial charge on any atom is 0.0889 e. The van der Waals surface area contributed by atoms with Gasteiger partial charge in [0.25, 0.3) is 0 Å². The molecule has 0 fully saturated rings. The first-order valence-electron chi connectivity index (χ1n) is 4.72. The Kier molecular flexibility index (Phi) is 3.11. The van der Waals surface area contributed by atoms with Crippen molar-refractivity contribution in [3.05, 3.63) is 52.0 Å². The second-order valence-corrected chi connectivity index (χ2v) is 4.14. The number of aryl methyl sites for hydroxylation is 1. The van der Waals surface area contributed by atoms with E-state index in [0.29, 0.717) is 0 Å². The summed E-state index contributed by atoms with van der Waals surface area (Å²) in [4.78, 5) is 4.26. The minimum atomic E-state index is -0.0168. The minimum absolute atomic E-state index is 0.0168. The van der Waals surface area contributed by atoms with E-state index in [4.69, 9.17) is 5.84 Å². The quantitative estimate of drug-likeness (QED) is 0.613. The smallest absolute Gasteiger partial charge is 0.0889 e. The predicted octanol–water partition coefficient (Wildman–Crippen LogP) is 2.00. The van der Waals surface area contributed by atoms with Crippen LogP contribution in [0, 0.1) is 6.92 Å². The van der Waals surface area contributed by atoms with Gasteiger partial charge in [-0.25, -0.2) is 10.4 Å². The fraction of sp³-hybridized carbons (Fsp3) is 0.182. The lowest BCUT2D eigenvalue weighted by Crippen LogP contribution is -2.29. The number of nitrogens with one attached hydrogen (secondary N) is 1. The molecule has 15 heavy (non-hydrogen) atoms. The third-order valence-electron chi connectivity index (χ3n) is 2.32. The van der Waals surface area contributed by atoms with Gasteiger partial charge in [-0.1, -0.05) is 29.8 Å². The molecule has 0 aliphatic carbocycles. The van der Waals surface area contributed by atoms with Crippen LogP contribution >= 0.6 is 11.3 Å². The molecule has 0 aliphatic rings. The first-order chi connectivity index (χ1) is 7.31. The fourth-order valence-electron chi connectivity index (χ4n) is 1.48. The van der Waals surface area contributed by atoms with E-state index in [1.807, 2.05) is 10.9 Å². The highest BCUT2D eigenvalue weighted by molar-refractivity contribution is 7.07. The molecule has 0 saturated carbocycles. The number of benzene rings is 1. The predicted molar refractivity (Wildman–Crippen MR) is 62.5 cm³/mol. The molecule has 0 saturated heterocycles. The van der Waals surface area contributed by atoms with Crippen molar-refractivity contribution < 1.29 is 0 Å². The van der Waals surface area contributed by atoms with Gasteiger partial charge in [0.05, 0.1) is 17.2 Å². The summed E-state index contributed by atoms with van der Waals surface area (Å²) in [5.41, 5.74) is 7.94. The van der Waals surface area contributed by atoms with E-state index in [1.54, 1.807) is 11.3 Å². The number of hydrogen-bond acceptors (Lipinski definition) is 4. The molecule has 2 rings (SSSR count). The lowest BCUT2D eigenvalue weighted by Gasteiger charge is -2.13. The van der Waals surface area contributed by atoms with Crippen molar-refractivity contribution in [3.8, 4) is 0 Å². The molecule has 4 heteroatoms. The van der Waals surface area contributed by atoms with Crippen molar-refractivity contribution >= 4 is 11.3 Å². The minimum Gasteiger partial charge on any atom is -0.271 e. The largest absolute Gasteiger partial charge is 0.271 e. The van der Waals surface area contributed by atoms with Crippen LogP contribution in [-0.4, -0.2) is 4.98 Å². The van der Waals surface area contributed by atoms with E-state index in [-0.39, 0.29) is 6.04 Å². The first kappa shape index (κ1) is 10.3. The van der Waals surface area contributed by atoms with Crippen LogP contribution in [0.25, 0.3) is 0 Å². The van der Waals surface area contributed by atoms with E-state index in [1.165, 1.54) is 5.56 Å². The normalized spacial score (nSPS) is 12.7. The molecule has 1 atom stereocenters. The van der Waals surface area contributed by atoms with Crippen molar-refractivity contribution in [3.63, 3.8) is 0 Å². The van der Waals surface area contributed by atoms with Crippen LogP contribution in [0.3, 0.4) is 0 Å². The van der Waals surface area contributed by atoms with Gasteiger partial charge in [0.2, 0.25) is 0 Å². The summed E-state index contributed by atoms with van der Waals surface area (Å²) in [6, 6.07) is 8.27. The second-order valence-electron chi connectivity index (χ2n) is 3.42. The lowest BCUT2D eigenvalue weighted by molar-refractivity contribution is 0.624. The molecule has 0 bridgehead atoms. The number of nitrogens with two attached hydrogens (primary N) is 1. The molecule has 3 N–H and O–H groups in total. The number of thiazole rings is 1. The van der Waals surface area contributed by atoms with Gasteiger partial charge in [-0.3, -0.25) is 5.84 Å². The van der Waals surface area contributed by atoms with Gasteiger partial charge in [-0.15, -0.1) is 11.3 Å². The molecule has 1 unspecified atom stereocenters. The van der Waals surface area contributed by atoms with Crippen molar-refractivity contribution in [1.82, 2.24) is 10.4 Å². The van der Waals surface area contributed by atoms with Gasteiger partial charge in [-0.05, 0) is 12.5 Å². The number of hydrazine groups is 1. The summed E-state index contributed by atoms with van der Waals surface area (Å²) in [6.07, 6.45) is 0. The van der Waals surface area contributed by atoms with Crippen molar-refractivity contribution in [1.29, 1.82) is 0 Å². The summed E-state index contributed by atoms with van der Waals surface area (Å²) >= 11 is 1.57. The summed E-state index contributed by atoms with van der Waals surface area (Å²) in [7, 11) is 0. The Morgan fingerprint density at radius 3 is 2.60 bits per heavy atom. The molecule has 3 nitrogen and oxygen atoms in total. The van der Waals surface area contributed by atoms with Crippen molar-refractivity contribution in [2.75, 3.05) is 0 Å². The molecule has 0 spiro atoms. The maximum absolute atomic E-state index is 5.55. The highest BCUT2D eigenvalue weighted by atomic mass is 32.1. The van der Waals surface area contributed by atoms with E-state index in [9.17, 15) is 0 Å². The SMILES string of the molecule is Cc1ccc(C(NN)c2cscn2)cc1. The van der Waals surface area contributed by atoms with Crippen LogP contribution in [0.2, 0.25) is 0 Å². The molecule has 0 aliphatic heterocycles. The van der Waals surface area contributed by atoms with Crippen LogP contribution in [0.1, 0.15) is 22.9 Å². The van der Waals surface area contributed by atoms with Gasteiger partial charge in [0.15, 0.2) is 0 Å². The molecule has 0 amide bonds. The number of nitrogens with zero attached hydrogens (tertiary/aromatic N) is 1. The Balaban J connectivity index is 2.31. The Bertz CT molecular complexity index is 408. The monoisotopic (exact) mass is 219 g/mol. The Morgan fingerprint density at radius 1 is 1.33 bits per heavy atom. The standard InChI is InChI=1S/C11H13N3S/c1-8-2-4-9(5-3-8)11(14-12)10-6-15-7-13-10/h2-7,11,14H,12H2,1H3. The number of hydrogen-bond donors (Lipinski definition) is 2. The van der Waals surface area contributed by atoms with E-state index >= 15 is 0 Å². The van der Waals surface area contributed by atoms with E-state index in [2.05, 4.69) is 41.6 Å². The zero-order valence-electron chi connectivity index (χ0n) is 8.47.